The lowest BCUT2D eigenvalue weighted by atomic mass is 10.1. The van der Waals surface area contributed by atoms with Crippen LogP contribution < -0.4 is 5.43 Å². The topological polar surface area (TPSA) is 84.8 Å². The highest BCUT2D eigenvalue weighted by Gasteiger charge is 2.20. The number of hydrogen-bond donors (Lipinski definition) is 1. The van der Waals surface area contributed by atoms with Crippen LogP contribution in [0.15, 0.2) is 29.4 Å². The number of benzene rings is 1. The number of halogens is 1. The number of amides is 1. The lowest BCUT2D eigenvalue weighted by Gasteiger charge is -2.11. The van der Waals surface area contributed by atoms with Crippen LogP contribution in [-0.4, -0.2) is 30.0 Å². The number of esters is 1. The van der Waals surface area contributed by atoms with Crippen molar-refractivity contribution in [2.75, 3.05) is 6.61 Å². The van der Waals surface area contributed by atoms with Crippen LogP contribution in [-0.2, 0) is 14.3 Å². The highest BCUT2D eigenvalue weighted by molar-refractivity contribution is 6.37. The molecular weight excluding hydrogens is 267 g/mol. The molecular formula is C13H11FN2O4. The van der Waals surface area contributed by atoms with Gasteiger partial charge >= 0.3 is 5.97 Å². The molecule has 0 aliphatic carbocycles. The van der Waals surface area contributed by atoms with Crippen LogP contribution in [0.1, 0.15) is 23.2 Å². The first-order chi connectivity index (χ1) is 9.56. The Labute approximate surface area is 113 Å². The average Bonchev–Trinajstić information content (AvgIpc) is 2.46. The lowest BCUT2D eigenvalue weighted by molar-refractivity contribution is -0.134. The van der Waals surface area contributed by atoms with E-state index in [1.165, 1.54) is 12.1 Å². The number of hydrogen-bond acceptors (Lipinski definition) is 5. The molecule has 1 N–H and O–H groups in total. The molecule has 0 atom stereocenters. The highest BCUT2D eigenvalue weighted by Crippen LogP contribution is 2.05. The summed E-state index contributed by atoms with van der Waals surface area (Å²) in [5.41, 5.74) is 2.47. The van der Waals surface area contributed by atoms with Gasteiger partial charge in [0.25, 0.3) is 0 Å². The van der Waals surface area contributed by atoms with E-state index in [0.29, 0.717) is 0 Å². The van der Waals surface area contributed by atoms with Gasteiger partial charge in [-0.1, -0.05) is 0 Å². The fourth-order valence-electron chi connectivity index (χ4n) is 1.55. The quantitative estimate of drug-likeness (QED) is 0.652. The summed E-state index contributed by atoms with van der Waals surface area (Å²) in [6.07, 6.45) is 0.329. The second kappa shape index (κ2) is 6.05. The zero-order chi connectivity index (χ0) is 14.5. The second-order valence-electron chi connectivity index (χ2n) is 4.10. The molecule has 1 aliphatic rings. The monoisotopic (exact) mass is 278 g/mol. The zero-order valence-corrected chi connectivity index (χ0v) is 10.4. The number of hydrazone groups is 1. The third-order valence-electron chi connectivity index (χ3n) is 2.64. The maximum absolute atomic E-state index is 12.7. The van der Waals surface area contributed by atoms with E-state index < -0.39 is 24.2 Å². The number of Topliss-reactive ketones (excluding diaryl/α,β-unsaturated/α-hetero) is 1. The Kier molecular flexibility index (Phi) is 4.19. The summed E-state index contributed by atoms with van der Waals surface area (Å²) >= 11 is 0. The minimum Gasteiger partial charge on any atom is -0.453 e. The molecule has 0 radical (unpaired) electrons. The first-order valence-electron chi connectivity index (χ1n) is 5.87. The van der Waals surface area contributed by atoms with Crippen molar-refractivity contribution in [1.82, 2.24) is 5.43 Å². The van der Waals surface area contributed by atoms with Crippen LogP contribution in [0.3, 0.4) is 0 Å². The highest BCUT2D eigenvalue weighted by atomic mass is 19.1. The van der Waals surface area contributed by atoms with Crippen molar-refractivity contribution in [3.63, 3.8) is 0 Å². The predicted molar refractivity (Wildman–Crippen MR) is 66.5 cm³/mol. The van der Waals surface area contributed by atoms with Crippen molar-refractivity contribution in [1.29, 1.82) is 0 Å². The third-order valence-corrected chi connectivity index (χ3v) is 2.64. The summed E-state index contributed by atoms with van der Waals surface area (Å²) in [7, 11) is 0. The van der Waals surface area contributed by atoms with Crippen LogP contribution in [0.4, 0.5) is 4.39 Å². The molecule has 0 fully saturated rings. The number of ether oxygens (including phenoxy) is 1. The van der Waals surface area contributed by atoms with Gasteiger partial charge in [0.15, 0.2) is 12.4 Å². The van der Waals surface area contributed by atoms with E-state index in [0.717, 1.165) is 12.1 Å². The summed E-state index contributed by atoms with van der Waals surface area (Å²) in [4.78, 5) is 34.1. The van der Waals surface area contributed by atoms with Crippen molar-refractivity contribution >= 4 is 23.4 Å². The fraction of sp³-hybridized carbons (Fsp3) is 0.231. The van der Waals surface area contributed by atoms with Crippen LogP contribution in [0.5, 0.6) is 0 Å². The lowest BCUT2D eigenvalue weighted by Crippen LogP contribution is -2.31. The van der Waals surface area contributed by atoms with E-state index in [1.54, 1.807) is 0 Å². The molecule has 6 nitrogen and oxygen atoms in total. The van der Waals surface area contributed by atoms with Gasteiger partial charge in [0.05, 0.1) is 0 Å². The van der Waals surface area contributed by atoms with Gasteiger partial charge in [0.2, 0.25) is 5.91 Å². The fourth-order valence-corrected chi connectivity index (χ4v) is 1.55. The number of ketones is 1. The van der Waals surface area contributed by atoms with E-state index >= 15 is 0 Å². The summed E-state index contributed by atoms with van der Waals surface area (Å²) in [5, 5.41) is 3.55. The van der Waals surface area contributed by atoms with Gasteiger partial charge in [-0.05, 0) is 24.3 Å². The maximum Gasteiger partial charge on any atom is 0.354 e. The Balaban J connectivity index is 1.88. The molecule has 1 amide bonds. The van der Waals surface area contributed by atoms with Gasteiger partial charge in [-0.25, -0.2) is 14.6 Å². The smallest absolute Gasteiger partial charge is 0.354 e. The van der Waals surface area contributed by atoms with Crippen LogP contribution in [0, 0.1) is 5.82 Å². The maximum atomic E-state index is 12.7. The molecule has 0 bridgehead atoms. The number of rotatable bonds is 4. The summed E-state index contributed by atoms with van der Waals surface area (Å²) < 4.78 is 17.5. The number of nitrogens with zero attached hydrogens (tertiary/aromatic N) is 1. The van der Waals surface area contributed by atoms with Gasteiger partial charge < -0.3 is 4.74 Å². The molecule has 0 aromatic heterocycles. The second-order valence-corrected chi connectivity index (χ2v) is 4.10. The van der Waals surface area contributed by atoms with E-state index in [2.05, 4.69) is 10.5 Å². The molecule has 1 aromatic rings. The van der Waals surface area contributed by atoms with E-state index in [-0.39, 0.29) is 30.0 Å². The summed E-state index contributed by atoms with van der Waals surface area (Å²) in [6.45, 7) is -0.461. The molecule has 1 heterocycles. The molecule has 1 aliphatic heterocycles. The molecule has 7 heteroatoms. The molecule has 0 saturated carbocycles. The van der Waals surface area contributed by atoms with E-state index in [9.17, 15) is 18.8 Å². The van der Waals surface area contributed by atoms with E-state index in [4.69, 9.17) is 4.74 Å². The molecule has 20 heavy (non-hydrogen) atoms. The third kappa shape index (κ3) is 3.47. The molecule has 1 aromatic carbocycles. The molecule has 0 unspecified atom stereocenters. The Morgan fingerprint density at radius 3 is 2.55 bits per heavy atom. The Morgan fingerprint density at radius 1 is 1.25 bits per heavy atom. The minimum absolute atomic E-state index is 0.0662. The van der Waals surface area contributed by atoms with Crippen molar-refractivity contribution in [3.8, 4) is 0 Å². The summed E-state index contributed by atoms with van der Waals surface area (Å²) in [5.74, 6) is -1.92. The van der Waals surface area contributed by atoms with Crippen molar-refractivity contribution in [3.05, 3.63) is 35.6 Å². The number of nitrogens with one attached hydrogen (secondary N) is 1. The predicted octanol–water partition coefficient (Wildman–Crippen LogP) is 0.818. The number of carbonyl (C=O) groups excluding carboxylic acids is 3. The minimum atomic E-state index is -0.750. The normalized spacial score (nSPS) is 14.2. The van der Waals surface area contributed by atoms with Gasteiger partial charge in [0.1, 0.15) is 11.5 Å². The Morgan fingerprint density at radius 2 is 1.95 bits per heavy atom. The van der Waals surface area contributed by atoms with Gasteiger partial charge in [-0.15, -0.1) is 0 Å². The molecule has 0 spiro atoms. The van der Waals surface area contributed by atoms with Gasteiger partial charge in [0, 0.05) is 18.4 Å². The number of carbonyl (C=O) groups is 3. The standard InChI is InChI=1S/C13H11FN2O4/c14-9-3-1-8(2-4-9)11(17)7-20-13(19)10-5-6-12(18)16-15-10/h1-4H,5-7H2,(H,16,18). The molecule has 104 valence electrons. The first kappa shape index (κ1) is 13.9. The van der Waals surface area contributed by atoms with Crippen LogP contribution in [0.25, 0.3) is 0 Å². The van der Waals surface area contributed by atoms with Gasteiger partial charge in [-0.2, -0.15) is 5.10 Å². The zero-order valence-electron chi connectivity index (χ0n) is 10.4. The van der Waals surface area contributed by atoms with Crippen LogP contribution in [0.2, 0.25) is 0 Å². The van der Waals surface area contributed by atoms with Crippen molar-refractivity contribution < 1.29 is 23.5 Å². The average molecular weight is 278 g/mol. The Hall–Kier alpha value is -2.57. The Bertz CT molecular complexity index is 581. The largest absolute Gasteiger partial charge is 0.453 e. The molecule has 0 saturated heterocycles. The van der Waals surface area contributed by atoms with Crippen molar-refractivity contribution in [2.45, 2.75) is 12.8 Å². The van der Waals surface area contributed by atoms with Gasteiger partial charge in [-0.3, -0.25) is 9.59 Å². The van der Waals surface area contributed by atoms with Crippen LogP contribution >= 0.6 is 0 Å². The summed E-state index contributed by atoms with van der Waals surface area (Å²) in [6, 6.07) is 4.92. The van der Waals surface area contributed by atoms with E-state index in [1.807, 2.05) is 0 Å². The first-order valence-corrected chi connectivity index (χ1v) is 5.87. The van der Waals surface area contributed by atoms with Crippen molar-refractivity contribution in [2.24, 2.45) is 5.10 Å². The molecule has 2 rings (SSSR count). The SMILES string of the molecule is O=C1CCC(C(=O)OCC(=O)c2ccc(F)cc2)=NN1.